The van der Waals surface area contributed by atoms with Crippen LogP contribution in [0.4, 0.5) is 11.6 Å². The number of nitrogen functional groups attached to an aromatic ring is 1. The predicted octanol–water partition coefficient (Wildman–Crippen LogP) is 1.82. The molecule has 0 saturated heterocycles. The minimum absolute atomic E-state index is 0.131. The van der Waals surface area contributed by atoms with Gasteiger partial charge in [0.2, 0.25) is 5.95 Å². The van der Waals surface area contributed by atoms with Gasteiger partial charge in [-0.25, -0.2) is 4.98 Å². The number of nitrogens with two attached hydrogens (primary N) is 1. The van der Waals surface area contributed by atoms with E-state index in [2.05, 4.69) is 46.4 Å². The molecule has 4 N–H and O–H groups in total. The average Bonchev–Trinajstić information content (AvgIpc) is 2.89. The number of H-pyrrole nitrogens is 1. The number of aromatic amines is 1. The molecule has 0 aliphatic heterocycles. The van der Waals surface area contributed by atoms with Gasteiger partial charge in [0, 0.05) is 34.3 Å². The van der Waals surface area contributed by atoms with Crippen molar-refractivity contribution in [2.45, 2.75) is 12.3 Å². The molecule has 0 aromatic carbocycles. The third kappa shape index (κ3) is 5.36. The summed E-state index contributed by atoms with van der Waals surface area (Å²) in [5.41, 5.74) is 5.24. The molecule has 120 valence electrons. The Hall–Kier alpha value is -1.51. The van der Waals surface area contributed by atoms with Crippen LogP contribution in [0.25, 0.3) is 0 Å². The second-order valence-electron chi connectivity index (χ2n) is 5.10. The molecule has 8 heteroatoms. The molecule has 0 radical (unpaired) electrons. The highest BCUT2D eigenvalue weighted by Gasteiger charge is 2.02. The summed E-state index contributed by atoms with van der Waals surface area (Å²) in [6, 6.07) is 4.39. The number of nitrogens with zero attached hydrogens (tertiary/aromatic N) is 2. The van der Waals surface area contributed by atoms with Gasteiger partial charge in [-0.05, 0) is 26.2 Å². The first-order valence-corrected chi connectivity index (χ1v) is 8.90. The van der Waals surface area contributed by atoms with E-state index < -0.39 is 0 Å². The molecule has 0 fully saturated rings. The second-order valence-corrected chi connectivity index (χ2v) is 7.46. The van der Waals surface area contributed by atoms with Crippen molar-refractivity contribution in [3.63, 3.8) is 0 Å². The van der Waals surface area contributed by atoms with Crippen LogP contribution in [0, 0.1) is 0 Å². The summed E-state index contributed by atoms with van der Waals surface area (Å²) in [5.74, 6) is 2.41. The highest BCUT2D eigenvalue weighted by atomic mass is 32.2. The van der Waals surface area contributed by atoms with Gasteiger partial charge in [-0.1, -0.05) is 0 Å². The molecule has 0 aliphatic carbocycles. The zero-order chi connectivity index (χ0) is 15.9. The van der Waals surface area contributed by atoms with E-state index in [1.807, 2.05) is 23.1 Å². The number of hydrogen-bond donors (Lipinski definition) is 3. The van der Waals surface area contributed by atoms with Crippen molar-refractivity contribution in [1.82, 2.24) is 14.9 Å². The fourth-order valence-corrected chi connectivity index (χ4v) is 3.91. The van der Waals surface area contributed by atoms with Gasteiger partial charge in [0.1, 0.15) is 5.69 Å². The molecular formula is C14H21N5OS2. The molecule has 0 atom stereocenters. The van der Waals surface area contributed by atoms with Crippen LogP contribution >= 0.6 is 23.1 Å². The number of rotatable bonds is 8. The van der Waals surface area contributed by atoms with Crippen LogP contribution < -0.4 is 16.6 Å². The average molecular weight is 339 g/mol. The van der Waals surface area contributed by atoms with Crippen molar-refractivity contribution in [3.8, 4) is 0 Å². The molecule has 0 amide bonds. The van der Waals surface area contributed by atoms with Gasteiger partial charge in [0.05, 0.1) is 6.20 Å². The summed E-state index contributed by atoms with van der Waals surface area (Å²) in [4.78, 5) is 22.9. The van der Waals surface area contributed by atoms with Crippen molar-refractivity contribution in [2.75, 3.05) is 37.4 Å². The van der Waals surface area contributed by atoms with Crippen molar-refractivity contribution < 1.29 is 0 Å². The molecular weight excluding hydrogens is 318 g/mol. The molecule has 0 aliphatic rings. The van der Waals surface area contributed by atoms with Gasteiger partial charge in [-0.2, -0.15) is 11.8 Å². The molecule has 2 aromatic rings. The van der Waals surface area contributed by atoms with E-state index in [1.165, 1.54) is 16.0 Å². The van der Waals surface area contributed by atoms with Crippen molar-refractivity contribution in [1.29, 1.82) is 0 Å². The van der Waals surface area contributed by atoms with Gasteiger partial charge < -0.3 is 16.0 Å². The van der Waals surface area contributed by atoms with Crippen molar-refractivity contribution >= 4 is 34.7 Å². The lowest BCUT2D eigenvalue weighted by Crippen LogP contribution is -2.16. The molecule has 0 saturated carbocycles. The third-order valence-corrected chi connectivity index (χ3v) is 5.06. The molecule has 0 spiro atoms. The number of thioether (sulfide) groups is 1. The topological polar surface area (TPSA) is 87.0 Å². The van der Waals surface area contributed by atoms with E-state index in [1.54, 1.807) is 0 Å². The Morgan fingerprint density at radius 1 is 1.41 bits per heavy atom. The minimum atomic E-state index is -0.308. The highest BCUT2D eigenvalue weighted by Crippen LogP contribution is 2.22. The lowest BCUT2D eigenvalue weighted by Gasteiger charge is -2.06. The Balaban J connectivity index is 1.67. The van der Waals surface area contributed by atoms with Crippen molar-refractivity contribution in [3.05, 3.63) is 38.4 Å². The molecule has 22 heavy (non-hydrogen) atoms. The van der Waals surface area contributed by atoms with Gasteiger partial charge in [0.15, 0.2) is 0 Å². The molecule has 0 unspecified atom stereocenters. The van der Waals surface area contributed by atoms with Crippen LogP contribution in [0.1, 0.15) is 9.75 Å². The number of nitrogens with one attached hydrogen (secondary N) is 2. The van der Waals surface area contributed by atoms with Gasteiger partial charge in [-0.3, -0.25) is 9.78 Å². The maximum Gasteiger partial charge on any atom is 0.275 e. The summed E-state index contributed by atoms with van der Waals surface area (Å²) in [5, 5.41) is 3.08. The molecule has 0 bridgehead atoms. The summed E-state index contributed by atoms with van der Waals surface area (Å²) in [6.07, 6.45) is 1.37. The van der Waals surface area contributed by atoms with Crippen LogP contribution in [0.15, 0.2) is 23.1 Å². The van der Waals surface area contributed by atoms with E-state index in [0.717, 1.165) is 24.6 Å². The first-order chi connectivity index (χ1) is 10.5. The molecule has 2 rings (SSSR count). The number of hydrogen-bond acceptors (Lipinski definition) is 7. The van der Waals surface area contributed by atoms with E-state index in [4.69, 9.17) is 5.73 Å². The third-order valence-electron chi connectivity index (χ3n) is 2.80. The quantitative estimate of drug-likeness (QED) is 0.636. The minimum Gasteiger partial charge on any atom is -0.393 e. The number of aromatic nitrogens is 2. The van der Waals surface area contributed by atoms with Crippen LogP contribution in [0.2, 0.25) is 0 Å². The molecule has 6 nitrogen and oxygen atoms in total. The number of anilines is 2. The summed E-state index contributed by atoms with van der Waals surface area (Å²) < 4.78 is 0. The van der Waals surface area contributed by atoms with E-state index in [0.29, 0.717) is 5.95 Å². The lowest BCUT2D eigenvalue weighted by molar-refractivity contribution is 0.406. The van der Waals surface area contributed by atoms with Gasteiger partial charge in [0.25, 0.3) is 5.56 Å². The summed E-state index contributed by atoms with van der Waals surface area (Å²) in [7, 11) is 4.16. The van der Waals surface area contributed by atoms with E-state index in [9.17, 15) is 4.79 Å². The zero-order valence-corrected chi connectivity index (χ0v) is 14.4. The van der Waals surface area contributed by atoms with Crippen LogP contribution in [-0.2, 0) is 12.3 Å². The zero-order valence-electron chi connectivity index (χ0n) is 12.8. The van der Waals surface area contributed by atoms with Crippen molar-refractivity contribution in [2.24, 2.45) is 0 Å². The number of thiophene rings is 1. The van der Waals surface area contributed by atoms with E-state index >= 15 is 0 Å². The van der Waals surface area contributed by atoms with Crippen LogP contribution in [0.5, 0.6) is 0 Å². The Labute approximate surface area is 138 Å². The Bertz CT molecular complexity index is 653. The fourth-order valence-electron chi connectivity index (χ4n) is 1.81. The lowest BCUT2D eigenvalue weighted by atomic mass is 10.4. The maximum atomic E-state index is 11.3. The maximum absolute atomic E-state index is 11.3. The van der Waals surface area contributed by atoms with Gasteiger partial charge in [-0.15, -0.1) is 11.3 Å². The fraction of sp³-hybridized carbons (Fsp3) is 0.429. The van der Waals surface area contributed by atoms with Crippen LogP contribution in [0.3, 0.4) is 0 Å². The van der Waals surface area contributed by atoms with Crippen LogP contribution in [-0.4, -0.2) is 41.3 Å². The summed E-state index contributed by atoms with van der Waals surface area (Å²) in [6.45, 7) is 1.74. The Kier molecular flexibility index (Phi) is 6.29. The normalized spacial score (nSPS) is 11.0. The Morgan fingerprint density at radius 2 is 2.18 bits per heavy atom. The molecule has 2 heterocycles. The summed E-state index contributed by atoms with van der Waals surface area (Å²) >= 11 is 3.72. The molecule has 2 aromatic heterocycles. The Morgan fingerprint density at radius 3 is 2.91 bits per heavy atom. The largest absolute Gasteiger partial charge is 0.393 e. The monoisotopic (exact) mass is 339 g/mol. The second kappa shape index (κ2) is 8.21. The standard InChI is InChI=1S/C14H21N5OS2/c1-19(2)8-10-3-4-11(22-10)9-21-6-5-16-14-17-7-12(15)13(20)18-14/h3-4,7H,5-6,8-9,15H2,1-2H3,(H2,16,17,18,20). The SMILES string of the molecule is CN(C)Cc1ccc(CSCCNc2ncc(N)c(=O)[nH]2)s1. The predicted molar refractivity (Wildman–Crippen MR) is 95.6 cm³/mol. The smallest absolute Gasteiger partial charge is 0.275 e. The van der Waals surface area contributed by atoms with Gasteiger partial charge >= 0.3 is 0 Å². The van der Waals surface area contributed by atoms with E-state index in [-0.39, 0.29) is 11.2 Å². The highest BCUT2D eigenvalue weighted by molar-refractivity contribution is 7.98. The first kappa shape index (κ1) is 16.9. The first-order valence-electron chi connectivity index (χ1n) is 6.93.